The standard InChI is InChI=1S/C24H28F4N6S/c25-20-13-17(16-30-31-23(29)35)21(33-7-2-1-3-8-33)15-22(20)34-11-9-32(10-12-34)19-6-4-5-18(14-19)24(26,27)28/h4-6,13-16H,1-3,7-12H2,(H3,29,31,35)/b30-16+. The number of hydrazone groups is 1. The van der Waals surface area contributed by atoms with E-state index in [1.54, 1.807) is 6.07 Å². The zero-order valence-electron chi connectivity index (χ0n) is 19.2. The minimum atomic E-state index is -4.39. The highest BCUT2D eigenvalue weighted by atomic mass is 32.1. The fraction of sp³-hybridized carbons (Fsp3) is 0.417. The molecule has 0 bridgehead atoms. The van der Waals surface area contributed by atoms with Crippen LogP contribution >= 0.6 is 12.2 Å². The van der Waals surface area contributed by atoms with Crippen LogP contribution in [0.25, 0.3) is 0 Å². The number of anilines is 3. The number of alkyl halides is 3. The fourth-order valence-electron chi connectivity index (χ4n) is 4.57. The van der Waals surface area contributed by atoms with Gasteiger partial charge in [-0.25, -0.2) is 4.39 Å². The van der Waals surface area contributed by atoms with Crippen LogP contribution in [-0.4, -0.2) is 50.6 Å². The van der Waals surface area contributed by atoms with Gasteiger partial charge in [0.05, 0.1) is 17.5 Å². The van der Waals surface area contributed by atoms with Crippen LogP contribution in [0.2, 0.25) is 0 Å². The van der Waals surface area contributed by atoms with Crippen LogP contribution in [0.1, 0.15) is 30.4 Å². The second kappa shape index (κ2) is 10.7. The van der Waals surface area contributed by atoms with Gasteiger partial charge in [-0.1, -0.05) is 6.07 Å². The number of nitrogens with zero attached hydrogens (tertiary/aromatic N) is 4. The third-order valence-electron chi connectivity index (χ3n) is 6.33. The predicted octanol–water partition coefficient (Wildman–Crippen LogP) is 4.33. The molecule has 2 heterocycles. The van der Waals surface area contributed by atoms with Crippen LogP contribution in [-0.2, 0) is 6.18 Å². The molecule has 35 heavy (non-hydrogen) atoms. The van der Waals surface area contributed by atoms with Gasteiger partial charge in [-0.05, 0) is 61.8 Å². The molecule has 4 rings (SSSR count). The van der Waals surface area contributed by atoms with Gasteiger partial charge in [0, 0.05) is 56.2 Å². The lowest BCUT2D eigenvalue weighted by molar-refractivity contribution is -0.137. The number of nitrogens with two attached hydrogens (primary N) is 1. The maximum atomic E-state index is 15.2. The minimum absolute atomic E-state index is 0.0245. The summed E-state index contributed by atoms with van der Waals surface area (Å²) >= 11 is 4.77. The molecule has 3 N–H and O–H groups in total. The molecule has 6 nitrogen and oxygen atoms in total. The normalized spacial score (nSPS) is 17.2. The number of thiocarbonyl (C=S) groups is 1. The monoisotopic (exact) mass is 508 g/mol. The highest BCUT2D eigenvalue weighted by Gasteiger charge is 2.31. The van der Waals surface area contributed by atoms with Gasteiger partial charge in [0.15, 0.2) is 5.11 Å². The van der Waals surface area contributed by atoms with E-state index in [2.05, 4.69) is 15.4 Å². The molecular weight excluding hydrogens is 480 g/mol. The molecule has 2 saturated heterocycles. The zero-order valence-corrected chi connectivity index (χ0v) is 20.0. The van der Waals surface area contributed by atoms with Crippen LogP contribution in [0.5, 0.6) is 0 Å². The van der Waals surface area contributed by atoms with E-state index >= 15 is 4.39 Å². The summed E-state index contributed by atoms with van der Waals surface area (Å²) < 4.78 is 54.6. The first-order chi connectivity index (χ1) is 16.7. The Kier molecular flexibility index (Phi) is 7.63. The van der Waals surface area contributed by atoms with Crippen molar-refractivity contribution in [3.8, 4) is 0 Å². The fourth-order valence-corrected chi connectivity index (χ4v) is 4.62. The molecule has 0 atom stereocenters. The third kappa shape index (κ3) is 6.14. The summed E-state index contributed by atoms with van der Waals surface area (Å²) in [7, 11) is 0. The van der Waals surface area contributed by atoms with E-state index in [1.807, 2.05) is 15.9 Å². The number of benzene rings is 2. The van der Waals surface area contributed by atoms with Crippen LogP contribution in [0.3, 0.4) is 0 Å². The van der Waals surface area contributed by atoms with Crippen molar-refractivity contribution in [3.63, 3.8) is 0 Å². The Morgan fingerprint density at radius 2 is 1.57 bits per heavy atom. The van der Waals surface area contributed by atoms with Crippen LogP contribution in [0, 0.1) is 5.82 Å². The maximum Gasteiger partial charge on any atom is 0.416 e. The first-order valence-corrected chi connectivity index (χ1v) is 12.0. The third-order valence-corrected chi connectivity index (χ3v) is 6.42. The maximum absolute atomic E-state index is 15.2. The van der Waals surface area contributed by atoms with Crippen LogP contribution in [0.4, 0.5) is 34.6 Å². The van der Waals surface area contributed by atoms with E-state index < -0.39 is 11.7 Å². The Morgan fingerprint density at radius 3 is 2.23 bits per heavy atom. The van der Waals surface area contributed by atoms with E-state index in [0.717, 1.165) is 44.1 Å². The molecule has 2 fully saturated rings. The summed E-state index contributed by atoms with van der Waals surface area (Å²) in [6.07, 6.45) is 0.408. The summed E-state index contributed by atoms with van der Waals surface area (Å²) in [5, 5.41) is 4.04. The predicted molar refractivity (Wildman–Crippen MR) is 136 cm³/mol. The van der Waals surface area contributed by atoms with E-state index in [0.29, 0.717) is 43.1 Å². The Labute approximate surface area is 207 Å². The molecule has 2 aromatic carbocycles. The Balaban J connectivity index is 1.54. The Hall–Kier alpha value is -3.08. The largest absolute Gasteiger partial charge is 0.416 e. The Bertz CT molecular complexity index is 1080. The molecule has 2 aliphatic rings. The average Bonchev–Trinajstić information content (AvgIpc) is 2.84. The molecule has 0 radical (unpaired) electrons. The molecule has 2 aromatic rings. The van der Waals surface area contributed by atoms with Crippen molar-refractivity contribution >= 4 is 40.6 Å². The van der Waals surface area contributed by atoms with E-state index in [-0.39, 0.29) is 10.9 Å². The highest BCUT2D eigenvalue weighted by Crippen LogP contribution is 2.34. The number of piperidine rings is 1. The molecule has 0 spiro atoms. The van der Waals surface area contributed by atoms with Gasteiger partial charge in [0.2, 0.25) is 0 Å². The number of hydrogen-bond donors (Lipinski definition) is 2. The van der Waals surface area contributed by atoms with Crippen molar-refractivity contribution in [3.05, 3.63) is 53.3 Å². The summed E-state index contributed by atoms with van der Waals surface area (Å²) in [6, 6.07) is 8.64. The number of hydrogen-bond acceptors (Lipinski definition) is 5. The molecule has 11 heteroatoms. The first kappa shape index (κ1) is 25.0. The summed E-state index contributed by atoms with van der Waals surface area (Å²) in [5.41, 5.74) is 9.77. The molecule has 0 unspecified atom stereocenters. The van der Waals surface area contributed by atoms with E-state index in [4.69, 9.17) is 18.0 Å². The first-order valence-electron chi connectivity index (χ1n) is 11.6. The quantitative estimate of drug-likeness (QED) is 0.271. The second-order valence-electron chi connectivity index (χ2n) is 8.67. The summed E-state index contributed by atoms with van der Waals surface area (Å²) in [5.74, 6) is -0.380. The van der Waals surface area contributed by atoms with Crippen molar-refractivity contribution in [1.82, 2.24) is 5.43 Å². The van der Waals surface area contributed by atoms with Crippen LogP contribution < -0.4 is 25.9 Å². The van der Waals surface area contributed by atoms with Gasteiger partial charge in [0.25, 0.3) is 0 Å². The van der Waals surface area contributed by atoms with Crippen molar-refractivity contribution in [1.29, 1.82) is 0 Å². The van der Waals surface area contributed by atoms with Crippen molar-refractivity contribution in [2.24, 2.45) is 10.8 Å². The molecular formula is C24H28F4N6S. The molecule has 0 aliphatic carbocycles. The summed E-state index contributed by atoms with van der Waals surface area (Å²) in [4.78, 5) is 6.08. The topological polar surface area (TPSA) is 60.1 Å². The number of halogens is 4. The number of rotatable bonds is 5. The highest BCUT2D eigenvalue weighted by molar-refractivity contribution is 7.80. The number of piperazine rings is 1. The van der Waals surface area contributed by atoms with Gasteiger partial charge in [0.1, 0.15) is 5.82 Å². The average molecular weight is 509 g/mol. The minimum Gasteiger partial charge on any atom is -0.375 e. The SMILES string of the molecule is NC(=S)N/N=C/c1cc(F)c(N2CCN(c3cccc(C(F)(F)F)c3)CC2)cc1N1CCCCC1. The lowest BCUT2D eigenvalue weighted by atomic mass is 10.1. The van der Waals surface area contributed by atoms with Gasteiger partial charge in [-0.3, -0.25) is 5.43 Å². The summed E-state index contributed by atoms with van der Waals surface area (Å²) in [6.45, 7) is 3.70. The van der Waals surface area contributed by atoms with Crippen molar-refractivity contribution in [2.75, 3.05) is 54.0 Å². The van der Waals surface area contributed by atoms with Crippen molar-refractivity contribution < 1.29 is 17.6 Å². The lowest BCUT2D eigenvalue weighted by Gasteiger charge is -2.38. The van der Waals surface area contributed by atoms with Gasteiger partial charge < -0.3 is 20.4 Å². The number of nitrogens with one attached hydrogen (secondary N) is 1. The van der Waals surface area contributed by atoms with Crippen molar-refractivity contribution in [2.45, 2.75) is 25.4 Å². The molecule has 0 saturated carbocycles. The van der Waals surface area contributed by atoms with Gasteiger partial charge in [-0.15, -0.1) is 0 Å². The van der Waals surface area contributed by atoms with Gasteiger partial charge >= 0.3 is 6.18 Å². The molecule has 0 aromatic heterocycles. The van der Waals surface area contributed by atoms with Crippen LogP contribution in [0.15, 0.2) is 41.5 Å². The van der Waals surface area contributed by atoms with Gasteiger partial charge in [-0.2, -0.15) is 18.3 Å². The zero-order chi connectivity index (χ0) is 25.0. The lowest BCUT2D eigenvalue weighted by Crippen LogP contribution is -2.47. The molecule has 0 amide bonds. The van der Waals surface area contributed by atoms with E-state index in [9.17, 15) is 13.2 Å². The van der Waals surface area contributed by atoms with E-state index in [1.165, 1.54) is 24.4 Å². The molecule has 2 aliphatic heterocycles. The smallest absolute Gasteiger partial charge is 0.375 e. The Morgan fingerprint density at radius 1 is 0.914 bits per heavy atom. The molecule has 188 valence electrons. The second-order valence-corrected chi connectivity index (χ2v) is 9.11.